The molecule has 1 aromatic rings. The molecule has 23 heavy (non-hydrogen) atoms. The average molecular weight is 325 g/mol. The van der Waals surface area contributed by atoms with E-state index in [2.05, 4.69) is 5.32 Å². The predicted octanol–water partition coefficient (Wildman–Crippen LogP) is 2.89. The first-order valence-electron chi connectivity index (χ1n) is 8.51. The molecular formula is C18H28FNO3. The highest BCUT2D eigenvalue weighted by Gasteiger charge is 2.32. The van der Waals surface area contributed by atoms with Crippen LogP contribution in [0.2, 0.25) is 0 Å². The molecule has 5 heteroatoms. The smallest absolute Gasteiger partial charge is 0.126 e. The van der Waals surface area contributed by atoms with E-state index in [4.69, 9.17) is 9.47 Å². The molecule has 1 aromatic carbocycles. The second kappa shape index (κ2) is 9.21. The first-order chi connectivity index (χ1) is 11.1. The quantitative estimate of drug-likeness (QED) is 0.722. The number of hydrogen-bond acceptors (Lipinski definition) is 4. The van der Waals surface area contributed by atoms with Crippen molar-refractivity contribution < 1.29 is 19.0 Å². The number of rotatable bonds is 8. The Morgan fingerprint density at radius 2 is 2.00 bits per heavy atom. The lowest BCUT2D eigenvalue weighted by Gasteiger charge is -2.35. The van der Waals surface area contributed by atoms with Gasteiger partial charge in [0.05, 0.1) is 6.10 Å². The van der Waals surface area contributed by atoms with Crippen LogP contribution in [0, 0.1) is 5.82 Å². The molecule has 0 amide bonds. The van der Waals surface area contributed by atoms with Crippen molar-refractivity contribution in [3.05, 3.63) is 30.1 Å². The number of benzene rings is 1. The zero-order valence-electron chi connectivity index (χ0n) is 14.0. The number of nitrogens with one attached hydrogen (secondary N) is 1. The minimum absolute atomic E-state index is 0.0354. The van der Waals surface area contributed by atoms with E-state index in [0.29, 0.717) is 5.75 Å². The van der Waals surface area contributed by atoms with Gasteiger partial charge >= 0.3 is 0 Å². The van der Waals surface area contributed by atoms with Gasteiger partial charge in [-0.05, 0) is 70.3 Å². The Hall–Kier alpha value is -1.17. The minimum Gasteiger partial charge on any atom is -0.488 e. The fraction of sp³-hybridized carbons (Fsp3) is 0.667. The van der Waals surface area contributed by atoms with Crippen molar-refractivity contribution in [1.82, 2.24) is 5.32 Å². The van der Waals surface area contributed by atoms with Crippen LogP contribution in [0.4, 0.5) is 4.39 Å². The third kappa shape index (κ3) is 6.09. The fourth-order valence-corrected chi connectivity index (χ4v) is 2.86. The molecule has 2 N–H and O–H groups in total. The van der Waals surface area contributed by atoms with Crippen LogP contribution >= 0.6 is 0 Å². The van der Waals surface area contributed by atoms with Crippen molar-refractivity contribution in [1.29, 1.82) is 0 Å². The van der Waals surface area contributed by atoms with Crippen LogP contribution in [0.1, 0.15) is 39.5 Å². The van der Waals surface area contributed by atoms with Crippen LogP contribution in [0.15, 0.2) is 24.3 Å². The van der Waals surface area contributed by atoms with Gasteiger partial charge in [0.15, 0.2) is 0 Å². The molecule has 0 heterocycles. The summed E-state index contributed by atoms with van der Waals surface area (Å²) in [6.07, 6.45) is 3.12. The number of halogens is 1. The predicted molar refractivity (Wildman–Crippen MR) is 88.2 cm³/mol. The summed E-state index contributed by atoms with van der Waals surface area (Å²) in [5.74, 6) is 0.311. The van der Waals surface area contributed by atoms with Crippen LogP contribution in [-0.4, -0.2) is 42.6 Å². The van der Waals surface area contributed by atoms with E-state index < -0.39 is 6.10 Å². The van der Waals surface area contributed by atoms with Crippen LogP contribution in [0.5, 0.6) is 5.75 Å². The lowest BCUT2D eigenvalue weighted by molar-refractivity contribution is -0.0160. The van der Waals surface area contributed by atoms with E-state index in [9.17, 15) is 9.50 Å². The molecule has 0 bridgehead atoms. The molecule has 0 saturated heterocycles. The number of ether oxygens (including phenoxy) is 2. The van der Waals surface area contributed by atoms with Gasteiger partial charge in [-0.25, -0.2) is 4.39 Å². The Bertz CT molecular complexity index is 452. The van der Waals surface area contributed by atoms with Gasteiger partial charge in [0.2, 0.25) is 0 Å². The fourth-order valence-electron chi connectivity index (χ4n) is 2.86. The van der Waals surface area contributed by atoms with Crippen molar-refractivity contribution in [2.24, 2.45) is 0 Å². The van der Waals surface area contributed by atoms with Crippen molar-refractivity contribution in [2.75, 3.05) is 13.2 Å². The van der Waals surface area contributed by atoms with E-state index in [1.165, 1.54) is 12.1 Å². The topological polar surface area (TPSA) is 50.7 Å². The van der Waals surface area contributed by atoms with E-state index in [-0.39, 0.29) is 24.1 Å². The molecule has 1 aliphatic rings. The SMILES string of the molecule is CC(C)OCCCN[C@H]1CCC[C@@H](Oc2ccc(F)cc2)[C@@H]1O. The van der Waals surface area contributed by atoms with E-state index >= 15 is 0 Å². The lowest BCUT2D eigenvalue weighted by atomic mass is 9.89. The molecule has 1 fully saturated rings. The molecule has 0 aliphatic heterocycles. The Morgan fingerprint density at radius 1 is 1.26 bits per heavy atom. The van der Waals surface area contributed by atoms with Gasteiger partial charge in [-0.1, -0.05) is 0 Å². The van der Waals surface area contributed by atoms with Crippen LogP contribution in [0.3, 0.4) is 0 Å². The molecule has 1 aliphatic carbocycles. The molecule has 0 unspecified atom stereocenters. The van der Waals surface area contributed by atoms with Gasteiger partial charge < -0.3 is 19.9 Å². The minimum atomic E-state index is -0.556. The normalized spacial score (nSPS) is 24.8. The maximum Gasteiger partial charge on any atom is 0.126 e. The van der Waals surface area contributed by atoms with Crippen LogP contribution < -0.4 is 10.1 Å². The Morgan fingerprint density at radius 3 is 2.70 bits per heavy atom. The summed E-state index contributed by atoms with van der Waals surface area (Å²) < 4.78 is 24.3. The first kappa shape index (κ1) is 18.2. The van der Waals surface area contributed by atoms with Gasteiger partial charge in [0.25, 0.3) is 0 Å². The van der Waals surface area contributed by atoms with E-state index in [0.717, 1.165) is 38.8 Å². The molecule has 1 saturated carbocycles. The maximum absolute atomic E-state index is 12.9. The number of aliphatic hydroxyl groups is 1. The largest absolute Gasteiger partial charge is 0.488 e. The van der Waals surface area contributed by atoms with Gasteiger partial charge in [0.1, 0.15) is 23.8 Å². The van der Waals surface area contributed by atoms with E-state index in [1.54, 1.807) is 12.1 Å². The van der Waals surface area contributed by atoms with Crippen LogP contribution in [0.25, 0.3) is 0 Å². The number of aliphatic hydroxyl groups excluding tert-OH is 1. The van der Waals surface area contributed by atoms with Gasteiger partial charge in [-0.2, -0.15) is 0 Å². The summed E-state index contributed by atoms with van der Waals surface area (Å²) >= 11 is 0. The third-order valence-corrected chi connectivity index (χ3v) is 4.08. The van der Waals surface area contributed by atoms with Gasteiger partial charge in [-0.3, -0.25) is 0 Å². The molecule has 0 aromatic heterocycles. The highest BCUT2D eigenvalue weighted by atomic mass is 19.1. The van der Waals surface area contributed by atoms with Crippen molar-refractivity contribution in [3.8, 4) is 5.75 Å². The first-order valence-corrected chi connectivity index (χ1v) is 8.51. The van der Waals surface area contributed by atoms with Crippen molar-refractivity contribution in [2.45, 2.75) is 63.9 Å². The van der Waals surface area contributed by atoms with Gasteiger partial charge in [0, 0.05) is 12.6 Å². The standard InChI is InChI=1S/C18H28FNO3/c1-13(2)22-12-4-11-20-16-5-3-6-17(18(16)21)23-15-9-7-14(19)8-10-15/h7-10,13,16-18,20-21H,3-6,11-12H2,1-2H3/t16-,17+,18+/m0/s1. The zero-order valence-corrected chi connectivity index (χ0v) is 14.0. The van der Waals surface area contributed by atoms with Crippen molar-refractivity contribution in [3.63, 3.8) is 0 Å². The summed E-state index contributed by atoms with van der Waals surface area (Å²) in [4.78, 5) is 0. The Labute approximate surface area is 138 Å². The second-order valence-electron chi connectivity index (χ2n) is 6.37. The summed E-state index contributed by atoms with van der Waals surface area (Å²) in [5.41, 5.74) is 0. The zero-order chi connectivity index (χ0) is 16.7. The Kier molecular flexibility index (Phi) is 7.27. The highest BCUT2D eigenvalue weighted by molar-refractivity contribution is 5.22. The summed E-state index contributed by atoms with van der Waals surface area (Å²) in [5, 5.41) is 13.9. The monoisotopic (exact) mass is 325 g/mol. The summed E-state index contributed by atoms with van der Waals surface area (Å²) in [7, 11) is 0. The Balaban J connectivity index is 1.76. The molecule has 4 nitrogen and oxygen atoms in total. The van der Waals surface area contributed by atoms with Crippen LogP contribution in [-0.2, 0) is 4.74 Å². The van der Waals surface area contributed by atoms with E-state index in [1.807, 2.05) is 13.8 Å². The summed E-state index contributed by atoms with van der Waals surface area (Å²) in [6.45, 7) is 5.59. The van der Waals surface area contributed by atoms with Crippen molar-refractivity contribution >= 4 is 0 Å². The average Bonchev–Trinajstić information content (AvgIpc) is 2.52. The molecule has 0 radical (unpaired) electrons. The molecule has 130 valence electrons. The molecule has 3 atom stereocenters. The molecule has 0 spiro atoms. The second-order valence-corrected chi connectivity index (χ2v) is 6.37. The third-order valence-electron chi connectivity index (χ3n) is 4.08. The highest BCUT2D eigenvalue weighted by Crippen LogP contribution is 2.24. The molecular weight excluding hydrogens is 297 g/mol. The maximum atomic E-state index is 12.9. The lowest BCUT2D eigenvalue weighted by Crippen LogP contribution is -2.51. The number of hydrogen-bond donors (Lipinski definition) is 2. The summed E-state index contributed by atoms with van der Waals surface area (Å²) in [6, 6.07) is 5.97. The van der Waals surface area contributed by atoms with Gasteiger partial charge in [-0.15, -0.1) is 0 Å². The molecule has 2 rings (SSSR count).